The van der Waals surface area contributed by atoms with Gasteiger partial charge in [0.05, 0.1) is 29.5 Å². The first kappa shape index (κ1) is 14.5. The average molecular weight is 306 g/mol. The molecule has 6 heteroatoms. The smallest absolute Gasteiger partial charge is 0.417 e. The summed E-state index contributed by atoms with van der Waals surface area (Å²) in [5.74, 6) is 0.653. The van der Waals surface area contributed by atoms with E-state index < -0.39 is 11.7 Å². The number of anilines is 1. The third kappa shape index (κ3) is 2.54. The van der Waals surface area contributed by atoms with Crippen molar-refractivity contribution < 1.29 is 17.6 Å². The van der Waals surface area contributed by atoms with Gasteiger partial charge in [0, 0.05) is 12.6 Å². The lowest BCUT2D eigenvalue weighted by Crippen LogP contribution is -2.22. The highest BCUT2D eigenvalue weighted by Gasteiger charge is 2.36. The summed E-state index contributed by atoms with van der Waals surface area (Å²) in [5, 5.41) is 8.86. The molecule has 2 aromatic rings. The molecule has 3 rings (SSSR count). The molecule has 0 aliphatic carbocycles. The molecule has 2 heterocycles. The first-order chi connectivity index (χ1) is 10.5. The van der Waals surface area contributed by atoms with E-state index in [0.717, 1.165) is 25.5 Å². The van der Waals surface area contributed by atoms with E-state index in [1.807, 2.05) is 4.90 Å². The van der Waals surface area contributed by atoms with Crippen molar-refractivity contribution in [1.29, 1.82) is 5.26 Å². The summed E-state index contributed by atoms with van der Waals surface area (Å²) >= 11 is 0. The number of alkyl halides is 3. The summed E-state index contributed by atoms with van der Waals surface area (Å²) in [6, 6.07) is 8.92. The van der Waals surface area contributed by atoms with Crippen LogP contribution in [0, 0.1) is 11.3 Å². The summed E-state index contributed by atoms with van der Waals surface area (Å²) < 4.78 is 44.6. The first-order valence-electron chi connectivity index (χ1n) is 6.92. The van der Waals surface area contributed by atoms with Crippen LogP contribution in [-0.2, 0) is 6.18 Å². The van der Waals surface area contributed by atoms with Crippen molar-refractivity contribution in [3.63, 3.8) is 0 Å². The molecule has 1 aliphatic rings. The molecular formula is C16H13F3N2O. The second-order valence-corrected chi connectivity index (χ2v) is 5.22. The second-order valence-electron chi connectivity index (χ2n) is 5.22. The number of halogens is 3. The lowest BCUT2D eigenvalue weighted by atomic mass is 9.98. The van der Waals surface area contributed by atoms with Gasteiger partial charge in [-0.05, 0) is 36.6 Å². The van der Waals surface area contributed by atoms with Gasteiger partial charge in [-0.1, -0.05) is 6.07 Å². The molecule has 1 saturated heterocycles. The van der Waals surface area contributed by atoms with Crippen molar-refractivity contribution in [2.75, 3.05) is 11.4 Å². The van der Waals surface area contributed by atoms with Crippen LogP contribution in [0.15, 0.2) is 41.0 Å². The second kappa shape index (κ2) is 5.41. The highest BCUT2D eigenvalue weighted by Crippen LogP contribution is 2.39. The Hall–Kier alpha value is -2.42. The Morgan fingerprint density at radius 1 is 1.27 bits per heavy atom. The van der Waals surface area contributed by atoms with Crippen LogP contribution in [0.2, 0.25) is 0 Å². The third-order valence-corrected chi connectivity index (χ3v) is 3.90. The molecule has 0 bridgehead atoms. The minimum absolute atomic E-state index is 0.167. The Bertz CT molecular complexity index is 701. The normalized spacial score (nSPS) is 18.5. The maximum atomic E-state index is 13.1. The van der Waals surface area contributed by atoms with Gasteiger partial charge in [0.15, 0.2) is 5.88 Å². The van der Waals surface area contributed by atoms with Crippen molar-refractivity contribution in [2.45, 2.75) is 25.1 Å². The van der Waals surface area contributed by atoms with E-state index in [-0.39, 0.29) is 11.6 Å². The minimum Gasteiger partial charge on any atom is -0.449 e. The van der Waals surface area contributed by atoms with Crippen LogP contribution in [0.3, 0.4) is 0 Å². The molecule has 1 aliphatic heterocycles. The van der Waals surface area contributed by atoms with Crippen LogP contribution in [0.1, 0.15) is 35.6 Å². The molecular weight excluding hydrogens is 293 g/mol. The van der Waals surface area contributed by atoms with Gasteiger partial charge in [0.1, 0.15) is 0 Å². The summed E-state index contributed by atoms with van der Waals surface area (Å²) in [7, 11) is 0. The first-order valence-corrected chi connectivity index (χ1v) is 6.92. The van der Waals surface area contributed by atoms with E-state index in [2.05, 4.69) is 0 Å². The summed E-state index contributed by atoms with van der Waals surface area (Å²) in [5.41, 5.74) is -0.669. The highest BCUT2D eigenvalue weighted by atomic mass is 19.4. The number of hydrogen-bond acceptors (Lipinski definition) is 3. The van der Waals surface area contributed by atoms with Gasteiger partial charge in [0.25, 0.3) is 0 Å². The van der Waals surface area contributed by atoms with Gasteiger partial charge in [-0.25, -0.2) is 0 Å². The van der Waals surface area contributed by atoms with Gasteiger partial charge in [-0.2, -0.15) is 18.4 Å². The fourth-order valence-electron chi connectivity index (χ4n) is 2.91. The van der Waals surface area contributed by atoms with Crippen molar-refractivity contribution in [1.82, 2.24) is 0 Å². The van der Waals surface area contributed by atoms with E-state index in [1.54, 1.807) is 30.5 Å². The van der Waals surface area contributed by atoms with Gasteiger partial charge >= 0.3 is 6.18 Å². The van der Waals surface area contributed by atoms with Crippen molar-refractivity contribution >= 4 is 5.88 Å². The van der Waals surface area contributed by atoms with Gasteiger partial charge in [-0.3, -0.25) is 0 Å². The van der Waals surface area contributed by atoms with Gasteiger partial charge in [-0.15, -0.1) is 0 Å². The molecule has 1 aromatic carbocycles. The fourth-order valence-corrected chi connectivity index (χ4v) is 2.91. The minimum atomic E-state index is -4.53. The Kier molecular flexibility index (Phi) is 3.57. The molecule has 0 saturated carbocycles. The Labute approximate surface area is 125 Å². The van der Waals surface area contributed by atoms with Gasteiger partial charge < -0.3 is 9.32 Å². The molecule has 0 radical (unpaired) electrons. The zero-order chi connectivity index (χ0) is 15.7. The summed E-state index contributed by atoms with van der Waals surface area (Å²) in [4.78, 5) is 1.96. The van der Waals surface area contributed by atoms with Crippen LogP contribution in [0.5, 0.6) is 0 Å². The zero-order valence-electron chi connectivity index (χ0n) is 11.6. The number of furan rings is 1. The van der Waals surface area contributed by atoms with Crippen LogP contribution in [0.4, 0.5) is 19.1 Å². The van der Waals surface area contributed by atoms with E-state index in [4.69, 9.17) is 9.68 Å². The molecule has 0 spiro atoms. The predicted molar refractivity (Wildman–Crippen MR) is 74.2 cm³/mol. The molecule has 22 heavy (non-hydrogen) atoms. The van der Waals surface area contributed by atoms with Crippen molar-refractivity contribution in [3.8, 4) is 6.07 Å². The predicted octanol–water partition coefficient (Wildman–Crippen LogP) is 4.51. The molecule has 1 unspecified atom stereocenters. The number of nitrogens with zero attached hydrogens (tertiary/aromatic N) is 2. The molecule has 1 aromatic heterocycles. The maximum Gasteiger partial charge on any atom is 0.417 e. The Morgan fingerprint density at radius 2 is 2.09 bits per heavy atom. The monoisotopic (exact) mass is 306 g/mol. The van der Waals surface area contributed by atoms with Crippen LogP contribution in [0.25, 0.3) is 0 Å². The topological polar surface area (TPSA) is 40.2 Å². The fraction of sp³-hybridized carbons (Fsp3) is 0.312. The summed E-state index contributed by atoms with van der Waals surface area (Å²) in [6.45, 7) is 0.736. The lowest BCUT2D eigenvalue weighted by molar-refractivity contribution is -0.137. The average Bonchev–Trinajstić information content (AvgIpc) is 3.16. The molecule has 0 amide bonds. The van der Waals surface area contributed by atoms with E-state index >= 15 is 0 Å². The lowest BCUT2D eigenvalue weighted by Gasteiger charge is -2.25. The summed E-state index contributed by atoms with van der Waals surface area (Å²) in [6.07, 6.45) is -1.35. The SMILES string of the molecule is N#Cc1ccc(C2CCCN2c2ccco2)cc1C(F)(F)F. The standard InChI is InChI=1S/C16H13F3N2O/c17-16(18,19)13-9-11(5-6-12(13)10-20)14-3-1-7-21(14)15-4-2-8-22-15/h2,4-6,8-9,14H,1,3,7H2. The van der Waals surface area contributed by atoms with Crippen LogP contribution < -0.4 is 4.90 Å². The number of hydrogen-bond donors (Lipinski definition) is 0. The Balaban J connectivity index is 2.00. The highest BCUT2D eigenvalue weighted by molar-refractivity contribution is 5.47. The maximum absolute atomic E-state index is 13.1. The molecule has 0 N–H and O–H groups in total. The number of rotatable bonds is 2. The number of nitriles is 1. The molecule has 1 atom stereocenters. The van der Waals surface area contributed by atoms with Crippen LogP contribution >= 0.6 is 0 Å². The largest absolute Gasteiger partial charge is 0.449 e. The van der Waals surface area contributed by atoms with E-state index in [1.165, 1.54) is 6.07 Å². The molecule has 3 nitrogen and oxygen atoms in total. The van der Waals surface area contributed by atoms with E-state index in [0.29, 0.717) is 11.4 Å². The van der Waals surface area contributed by atoms with Gasteiger partial charge in [0.2, 0.25) is 0 Å². The Morgan fingerprint density at radius 3 is 2.73 bits per heavy atom. The van der Waals surface area contributed by atoms with Crippen molar-refractivity contribution in [3.05, 3.63) is 53.3 Å². The molecule has 1 fully saturated rings. The molecule has 114 valence electrons. The van der Waals surface area contributed by atoms with Crippen LogP contribution in [-0.4, -0.2) is 6.54 Å². The third-order valence-electron chi connectivity index (χ3n) is 3.90. The number of benzene rings is 1. The van der Waals surface area contributed by atoms with Crippen molar-refractivity contribution in [2.24, 2.45) is 0 Å². The quantitative estimate of drug-likeness (QED) is 0.819. The van der Waals surface area contributed by atoms with E-state index in [9.17, 15) is 13.2 Å². The zero-order valence-corrected chi connectivity index (χ0v) is 11.6.